The molecule has 3 rings (SSSR count). The van der Waals surface area contributed by atoms with Crippen LogP contribution in [0.4, 0.5) is 11.4 Å². The molecule has 0 unspecified atom stereocenters. The summed E-state index contributed by atoms with van der Waals surface area (Å²) in [5.41, 5.74) is 1.04. The molecule has 8 nitrogen and oxygen atoms in total. The Balaban J connectivity index is 1.53. The van der Waals surface area contributed by atoms with Gasteiger partial charge in [0.25, 0.3) is 5.91 Å². The number of hydrogen-bond donors (Lipinski definition) is 1. The van der Waals surface area contributed by atoms with E-state index in [0.717, 1.165) is 0 Å². The Labute approximate surface area is 185 Å². The molecule has 2 amide bonds. The third-order valence-corrected chi connectivity index (χ3v) is 4.92. The highest BCUT2D eigenvalue weighted by Crippen LogP contribution is 2.35. The first-order valence-corrected chi connectivity index (χ1v) is 10.1. The van der Waals surface area contributed by atoms with E-state index in [1.165, 1.54) is 12.0 Å². The Morgan fingerprint density at radius 2 is 1.94 bits per heavy atom. The second kappa shape index (κ2) is 10.2. The zero-order valence-corrected chi connectivity index (χ0v) is 18.0. The number of anilines is 2. The van der Waals surface area contributed by atoms with E-state index in [4.69, 9.17) is 25.8 Å². The highest BCUT2D eigenvalue weighted by atomic mass is 35.5. The van der Waals surface area contributed by atoms with Crippen LogP contribution in [0.15, 0.2) is 42.5 Å². The molecule has 0 bridgehead atoms. The van der Waals surface area contributed by atoms with E-state index in [9.17, 15) is 14.4 Å². The first-order chi connectivity index (χ1) is 14.9. The van der Waals surface area contributed by atoms with Crippen LogP contribution in [0.25, 0.3) is 0 Å². The maximum Gasteiger partial charge on any atom is 0.311 e. The lowest BCUT2D eigenvalue weighted by Gasteiger charge is -2.19. The topological polar surface area (TPSA) is 94.2 Å². The molecule has 164 valence electrons. The lowest BCUT2D eigenvalue weighted by atomic mass is 10.1. The van der Waals surface area contributed by atoms with Gasteiger partial charge in [0, 0.05) is 23.7 Å². The Hall–Kier alpha value is -3.26. The zero-order valence-electron chi connectivity index (χ0n) is 17.2. The lowest BCUT2D eigenvalue weighted by Crippen LogP contribution is -2.28. The normalized spacial score (nSPS) is 15.5. The summed E-state index contributed by atoms with van der Waals surface area (Å²) in [6.07, 6.45) is -0.0188. The number of ether oxygens (including phenoxy) is 3. The van der Waals surface area contributed by atoms with Gasteiger partial charge in [-0.2, -0.15) is 0 Å². The number of esters is 1. The lowest BCUT2D eigenvalue weighted by molar-refractivity contribution is -0.151. The number of halogens is 1. The molecular formula is C22H23ClN2O6. The van der Waals surface area contributed by atoms with Gasteiger partial charge in [-0.1, -0.05) is 11.6 Å². The predicted octanol–water partition coefficient (Wildman–Crippen LogP) is 3.28. The summed E-state index contributed by atoms with van der Waals surface area (Å²) in [7, 11) is 1.49. The maximum absolute atomic E-state index is 12.5. The minimum absolute atomic E-state index is 0.0188. The minimum atomic E-state index is -0.686. The number of nitrogens with one attached hydrogen (secondary N) is 1. The van der Waals surface area contributed by atoms with Crippen LogP contribution in [-0.2, 0) is 19.1 Å². The summed E-state index contributed by atoms with van der Waals surface area (Å²) in [6, 6.07) is 11.8. The molecule has 0 radical (unpaired) electrons. The van der Waals surface area contributed by atoms with Gasteiger partial charge in [-0.15, -0.1) is 0 Å². The molecule has 0 spiro atoms. The van der Waals surface area contributed by atoms with Gasteiger partial charge in [0.15, 0.2) is 6.61 Å². The number of benzene rings is 2. The van der Waals surface area contributed by atoms with Crippen LogP contribution in [0, 0.1) is 5.92 Å². The Kier molecular flexibility index (Phi) is 7.36. The van der Waals surface area contributed by atoms with Crippen molar-refractivity contribution in [3.8, 4) is 11.5 Å². The molecule has 1 N–H and O–H groups in total. The number of carbonyl (C=O) groups excluding carboxylic acids is 3. The highest BCUT2D eigenvalue weighted by Gasteiger charge is 2.37. The number of hydrogen-bond acceptors (Lipinski definition) is 6. The monoisotopic (exact) mass is 446 g/mol. The molecule has 2 aromatic rings. The van der Waals surface area contributed by atoms with Crippen LogP contribution >= 0.6 is 11.6 Å². The quantitative estimate of drug-likeness (QED) is 0.625. The fraction of sp³-hybridized carbons (Fsp3) is 0.318. The number of rotatable bonds is 8. The van der Waals surface area contributed by atoms with Crippen LogP contribution in [0.1, 0.15) is 13.3 Å². The molecule has 1 heterocycles. The van der Waals surface area contributed by atoms with Crippen molar-refractivity contribution >= 4 is 40.8 Å². The van der Waals surface area contributed by atoms with Crippen molar-refractivity contribution in [2.75, 3.05) is 37.1 Å². The van der Waals surface area contributed by atoms with Crippen LogP contribution in [-0.4, -0.2) is 44.7 Å². The van der Waals surface area contributed by atoms with E-state index >= 15 is 0 Å². The molecule has 1 aliphatic heterocycles. The van der Waals surface area contributed by atoms with Gasteiger partial charge in [-0.25, -0.2) is 0 Å². The largest absolute Gasteiger partial charge is 0.495 e. The Bertz CT molecular complexity index is 963. The molecule has 31 heavy (non-hydrogen) atoms. The molecule has 0 saturated carbocycles. The van der Waals surface area contributed by atoms with Crippen molar-refractivity contribution in [3.63, 3.8) is 0 Å². The summed E-state index contributed by atoms with van der Waals surface area (Å²) in [4.78, 5) is 38.4. The van der Waals surface area contributed by atoms with Crippen molar-refractivity contribution < 1.29 is 28.6 Å². The average molecular weight is 447 g/mol. The van der Waals surface area contributed by atoms with Crippen LogP contribution in [0.3, 0.4) is 0 Å². The molecule has 9 heteroatoms. The molecule has 0 aliphatic carbocycles. The standard InChI is InChI=1S/C22H23ClN2O6/c1-3-30-17-7-5-16(6-8-17)24-20(26)13-31-22(28)14-10-21(27)25(12-14)18-11-15(23)4-9-19(18)29-2/h4-9,11,14H,3,10,12-13H2,1-2H3,(H,24,26)/t14-/m1/s1. The van der Waals surface area contributed by atoms with Crippen molar-refractivity contribution in [2.45, 2.75) is 13.3 Å². The minimum Gasteiger partial charge on any atom is -0.495 e. The van der Waals surface area contributed by atoms with E-state index < -0.39 is 24.4 Å². The number of methoxy groups -OCH3 is 1. The molecule has 1 aliphatic rings. The van der Waals surface area contributed by atoms with Crippen molar-refractivity contribution in [3.05, 3.63) is 47.5 Å². The smallest absolute Gasteiger partial charge is 0.311 e. The van der Waals surface area contributed by atoms with Gasteiger partial charge < -0.3 is 24.4 Å². The van der Waals surface area contributed by atoms with Gasteiger partial charge in [0.1, 0.15) is 11.5 Å². The van der Waals surface area contributed by atoms with Crippen LogP contribution < -0.4 is 19.7 Å². The summed E-state index contributed by atoms with van der Waals surface area (Å²) in [6.45, 7) is 2.10. The SMILES string of the molecule is CCOc1ccc(NC(=O)COC(=O)[C@@H]2CC(=O)N(c3cc(Cl)ccc3OC)C2)cc1. The number of nitrogens with zero attached hydrogens (tertiary/aromatic N) is 1. The van der Waals surface area contributed by atoms with Crippen LogP contribution in [0.5, 0.6) is 11.5 Å². The van der Waals surface area contributed by atoms with E-state index in [0.29, 0.717) is 34.5 Å². The summed E-state index contributed by atoms with van der Waals surface area (Å²) < 4.78 is 15.8. The molecule has 1 atom stereocenters. The van der Waals surface area contributed by atoms with Crippen molar-refractivity contribution in [1.82, 2.24) is 0 Å². The van der Waals surface area contributed by atoms with Crippen molar-refractivity contribution in [2.24, 2.45) is 5.92 Å². The van der Waals surface area contributed by atoms with E-state index in [-0.39, 0.29) is 18.9 Å². The van der Waals surface area contributed by atoms with E-state index in [2.05, 4.69) is 5.32 Å². The fourth-order valence-corrected chi connectivity index (χ4v) is 3.39. The summed E-state index contributed by atoms with van der Waals surface area (Å²) >= 11 is 6.04. The number of amides is 2. The first kappa shape index (κ1) is 22.4. The summed E-state index contributed by atoms with van der Waals surface area (Å²) in [5, 5.41) is 3.09. The van der Waals surface area contributed by atoms with Gasteiger partial charge >= 0.3 is 5.97 Å². The van der Waals surface area contributed by atoms with Gasteiger partial charge in [0.2, 0.25) is 5.91 Å². The summed E-state index contributed by atoms with van der Waals surface area (Å²) in [5.74, 6) is -0.857. The second-order valence-corrected chi connectivity index (χ2v) is 7.27. The zero-order chi connectivity index (χ0) is 22.4. The highest BCUT2D eigenvalue weighted by molar-refractivity contribution is 6.31. The molecule has 0 aromatic heterocycles. The maximum atomic E-state index is 12.5. The molecule has 1 saturated heterocycles. The third kappa shape index (κ3) is 5.67. The average Bonchev–Trinajstić information content (AvgIpc) is 3.15. The molecular weight excluding hydrogens is 424 g/mol. The fourth-order valence-electron chi connectivity index (χ4n) is 3.23. The molecule has 2 aromatic carbocycles. The Morgan fingerprint density at radius 1 is 1.19 bits per heavy atom. The molecule has 1 fully saturated rings. The third-order valence-electron chi connectivity index (χ3n) is 4.68. The Morgan fingerprint density at radius 3 is 2.61 bits per heavy atom. The van der Waals surface area contributed by atoms with Gasteiger partial charge in [-0.3, -0.25) is 14.4 Å². The van der Waals surface area contributed by atoms with E-state index in [1.54, 1.807) is 42.5 Å². The van der Waals surface area contributed by atoms with Crippen LogP contribution in [0.2, 0.25) is 5.02 Å². The predicted molar refractivity (Wildman–Crippen MR) is 116 cm³/mol. The van der Waals surface area contributed by atoms with Gasteiger partial charge in [-0.05, 0) is 49.4 Å². The van der Waals surface area contributed by atoms with Crippen molar-refractivity contribution in [1.29, 1.82) is 0 Å². The van der Waals surface area contributed by atoms with Gasteiger partial charge in [0.05, 0.1) is 25.3 Å². The van der Waals surface area contributed by atoms with E-state index in [1.807, 2.05) is 6.92 Å². The first-order valence-electron chi connectivity index (χ1n) is 9.74. The second-order valence-electron chi connectivity index (χ2n) is 6.83. The number of carbonyl (C=O) groups is 3.